The Kier molecular flexibility index (Phi) is 5.50. The number of nitrogens with zero attached hydrogens (tertiary/aromatic N) is 1. The summed E-state index contributed by atoms with van der Waals surface area (Å²) in [5.74, 6) is 0. The molecule has 0 spiro atoms. The predicted octanol–water partition coefficient (Wildman–Crippen LogP) is 3.56. The number of nitrogens with one attached hydrogen (secondary N) is 1. The van der Waals surface area contributed by atoms with Gasteiger partial charge in [0.15, 0.2) is 0 Å². The Morgan fingerprint density at radius 3 is 2.28 bits per heavy atom. The molecule has 18 heavy (non-hydrogen) atoms. The zero-order chi connectivity index (χ0) is 12.8. The lowest BCUT2D eigenvalue weighted by molar-refractivity contribution is 0.136. The van der Waals surface area contributed by atoms with Crippen LogP contribution >= 0.6 is 0 Å². The van der Waals surface area contributed by atoms with Crippen molar-refractivity contribution in [3.05, 3.63) is 0 Å². The molecular weight excluding hydrogens is 220 g/mol. The highest BCUT2D eigenvalue weighted by Gasteiger charge is 2.33. The predicted molar refractivity (Wildman–Crippen MR) is 79.0 cm³/mol. The van der Waals surface area contributed by atoms with Crippen LogP contribution < -0.4 is 5.32 Å². The van der Waals surface area contributed by atoms with E-state index in [2.05, 4.69) is 24.1 Å². The fourth-order valence-corrected chi connectivity index (χ4v) is 3.82. The number of hydrogen-bond acceptors (Lipinski definition) is 2. The molecule has 2 aliphatic rings. The van der Waals surface area contributed by atoms with Crippen LogP contribution in [-0.2, 0) is 0 Å². The summed E-state index contributed by atoms with van der Waals surface area (Å²) in [5, 5.41) is 3.84. The normalized spacial score (nSPS) is 27.7. The Bertz CT molecular complexity index is 227. The van der Waals surface area contributed by atoms with Gasteiger partial charge in [-0.25, -0.2) is 0 Å². The Hall–Kier alpha value is -0.0800. The van der Waals surface area contributed by atoms with Gasteiger partial charge in [0, 0.05) is 18.1 Å². The number of hydrogen-bond donors (Lipinski definition) is 1. The highest BCUT2D eigenvalue weighted by Crippen LogP contribution is 2.27. The van der Waals surface area contributed by atoms with Crippen molar-refractivity contribution in [3.63, 3.8) is 0 Å². The first kappa shape index (κ1) is 14.3. The molecule has 0 amide bonds. The molecule has 2 rings (SSSR count). The van der Waals surface area contributed by atoms with E-state index in [1.807, 2.05) is 0 Å². The Morgan fingerprint density at radius 2 is 1.67 bits per heavy atom. The first-order chi connectivity index (χ1) is 8.79. The molecule has 2 fully saturated rings. The highest BCUT2D eigenvalue weighted by molar-refractivity contribution is 4.93. The summed E-state index contributed by atoms with van der Waals surface area (Å²) in [4.78, 5) is 2.83. The van der Waals surface area contributed by atoms with Crippen LogP contribution in [0.3, 0.4) is 0 Å². The van der Waals surface area contributed by atoms with Gasteiger partial charge in [0.1, 0.15) is 0 Å². The quantitative estimate of drug-likeness (QED) is 0.773. The van der Waals surface area contributed by atoms with Crippen molar-refractivity contribution < 1.29 is 0 Å². The maximum Gasteiger partial charge on any atom is 0.0303 e. The van der Waals surface area contributed by atoms with Gasteiger partial charge in [-0.1, -0.05) is 39.5 Å². The molecule has 0 aromatic rings. The van der Waals surface area contributed by atoms with Gasteiger partial charge in [0.05, 0.1) is 0 Å². The van der Waals surface area contributed by atoms with Gasteiger partial charge in [-0.15, -0.1) is 0 Å². The molecule has 1 N–H and O–H groups in total. The Morgan fingerprint density at radius 1 is 1.00 bits per heavy atom. The molecule has 106 valence electrons. The molecule has 2 heteroatoms. The largest absolute Gasteiger partial charge is 0.310 e. The summed E-state index contributed by atoms with van der Waals surface area (Å²) in [6, 6.07) is 0.880. The van der Waals surface area contributed by atoms with Gasteiger partial charge >= 0.3 is 0 Å². The summed E-state index contributed by atoms with van der Waals surface area (Å²) in [7, 11) is 0. The van der Waals surface area contributed by atoms with Crippen molar-refractivity contribution in [1.29, 1.82) is 0 Å². The molecule has 1 heterocycles. The molecule has 0 aromatic heterocycles. The van der Waals surface area contributed by atoms with E-state index in [1.54, 1.807) is 0 Å². The van der Waals surface area contributed by atoms with E-state index < -0.39 is 0 Å². The molecule has 1 saturated carbocycles. The van der Waals surface area contributed by atoms with E-state index in [0.29, 0.717) is 5.54 Å². The lowest BCUT2D eigenvalue weighted by atomic mass is 9.91. The van der Waals surface area contributed by atoms with Crippen LogP contribution in [0.4, 0.5) is 0 Å². The van der Waals surface area contributed by atoms with E-state index in [1.165, 1.54) is 77.4 Å². The fraction of sp³-hybridized carbons (Fsp3) is 1.00. The first-order valence-corrected chi connectivity index (χ1v) is 8.29. The maximum absolute atomic E-state index is 3.84. The van der Waals surface area contributed by atoms with Crippen molar-refractivity contribution >= 4 is 0 Å². The summed E-state index contributed by atoms with van der Waals surface area (Å²) in [6.07, 6.45) is 12.6. The smallest absolute Gasteiger partial charge is 0.0303 e. The molecule has 1 aliphatic heterocycles. The minimum atomic E-state index is 0.392. The third-order valence-electron chi connectivity index (χ3n) is 5.32. The summed E-state index contributed by atoms with van der Waals surface area (Å²) < 4.78 is 0. The minimum absolute atomic E-state index is 0.392. The topological polar surface area (TPSA) is 15.3 Å². The average molecular weight is 252 g/mol. The lowest BCUT2D eigenvalue weighted by Crippen LogP contribution is -2.52. The third kappa shape index (κ3) is 3.48. The Balaban J connectivity index is 2.01. The standard InChI is InChI=1S/C16H32N2/c1-3-16(4-2)14-18(13-9-12-17-16)15-10-7-5-6-8-11-15/h15,17H,3-14H2,1-2H3. The van der Waals surface area contributed by atoms with Crippen molar-refractivity contribution in [3.8, 4) is 0 Å². The zero-order valence-corrected chi connectivity index (χ0v) is 12.5. The van der Waals surface area contributed by atoms with Crippen LogP contribution in [-0.4, -0.2) is 36.1 Å². The molecule has 0 bridgehead atoms. The van der Waals surface area contributed by atoms with E-state index in [-0.39, 0.29) is 0 Å². The van der Waals surface area contributed by atoms with Gasteiger partial charge in [-0.3, -0.25) is 4.90 Å². The van der Waals surface area contributed by atoms with Gasteiger partial charge < -0.3 is 5.32 Å². The van der Waals surface area contributed by atoms with E-state index in [0.717, 1.165) is 6.04 Å². The van der Waals surface area contributed by atoms with Crippen molar-refractivity contribution in [2.75, 3.05) is 19.6 Å². The molecular formula is C16H32N2. The zero-order valence-electron chi connectivity index (χ0n) is 12.5. The van der Waals surface area contributed by atoms with Crippen molar-refractivity contribution in [2.45, 2.75) is 83.2 Å². The van der Waals surface area contributed by atoms with Gasteiger partial charge in [0.2, 0.25) is 0 Å². The van der Waals surface area contributed by atoms with E-state index in [9.17, 15) is 0 Å². The summed E-state index contributed by atoms with van der Waals surface area (Å²) in [5.41, 5.74) is 0.392. The van der Waals surface area contributed by atoms with E-state index >= 15 is 0 Å². The molecule has 0 radical (unpaired) electrons. The molecule has 0 atom stereocenters. The minimum Gasteiger partial charge on any atom is -0.310 e. The summed E-state index contributed by atoms with van der Waals surface area (Å²) in [6.45, 7) is 8.52. The van der Waals surface area contributed by atoms with Crippen LogP contribution in [0.5, 0.6) is 0 Å². The molecule has 1 saturated heterocycles. The van der Waals surface area contributed by atoms with Crippen molar-refractivity contribution in [1.82, 2.24) is 10.2 Å². The monoisotopic (exact) mass is 252 g/mol. The van der Waals surface area contributed by atoms with Crippen LogP contribution in [0.15, 0.2) is 0 Å². The second kappa shape index (κ2) is 6.91. The molecule has 0 aromatic carbocycles. The average Bonchev–Trinajstić information content (AvgIpc) is 2.79. The molecule has 1 aliphatic carbocycles. The van der Waals surface area contributed by atoms with Gasteiger partial charge in [0.25, 0.3) is 0 Å². The first-order valence-electron chi connectivity index (χ1n) is 8.29. The number of rotatable bonds is 3. The Labute approximate surface area is 114 Å². The third-order valence-corrected chi connectivity index (χ3v) is 5.32. The van der Waals surface area contributed by atoms with Crippen LogP contribution in [0, 0.1) is 0 Å². The lowest BCUT2D eigenvalue weighted by Gasteiger charge is -2.39. The van der Waals surface area contributed by atoms with Crippen LogP contribution in [0.2, 0.25) is 0 Å². The van der Waals surface area contributed by atoms with Gasteiger partial charge in [-0.2, -0.15) is 0 Å². The van der Waals surface area contributed by atoms with Crippen molar-refractivity contribution in [2.24, 2.45) is 0 Å². The summed E-state index contributed by atoms with van der Waals surface area (Å²) >= 11 is 0. The SMILES string of the molecule is CCC1(CC)CN(C2CCCCCC2)CCCN1. The second-order valence-corrected chi connectivity index (χ2v) is 6.38. The fourth-order valence-electron chi connectivity index (χ4n) is 3.82. The molecule has 0 unspecified atom stereocenters. The van der Waals surface area contributed by atoms with Crippen LogP contribution in [0.1, 0.15) is 71.6 Å². The van der Waals surface area contributed by atoms with E-state index in [4.69, 9.17) is 0 Å². The van der Waals surface area contributed by atoms with Gasteiger partial charge in [-0.05, 0) is 45.2 Å². The van der Waals surface area contributed by atoms with Crippen LogP contribution in [0.25, 0.3) is 0 Å². The highest BCUT2D eigenvalue weighted by atomic mass is 15.2. The second-order valence-electron chi connectivity index (χ2n) is 6.38. The molecule has 2 nitrogen and oxygen atoms in total. The maximum atomic E-state index is 3.84.